The molecule has 1 nitrogen and oxygen atoms in total. The van der Waals surface area contributed by atoms with Crippen molar-refractivity contribution in [2.45, 2.75) is 39.0 Å². The van der Waals surface area contributed by atoms with Gasteiger partial charge < -0.3 is 5.73 Å². The fourth-order valence-electron chi connectivity index (χ4n) is 0.487. The summed E-state index contributed by atoms with van der Waals surface area (Å²) in [5.41, 5.74) is 4.50. The van der Waals surface area contributed by atoms with Gasteiger partial charge in [0.15, 0.2) is 0 Å². The maximum atomic E-state index is 11.9. The van der Waals surface area contributed by atoms with Gasteiger partial charge in [0.1, 0.15) is 0 Å². The molecule has 0 fully saturated rings. The minimum Gasteiger partial charge on any atom is -0.333 e. The van der Waals surface area contributed by atoms with Crippen molar-refractivity contribution >= 4 is 0 Å². The highest BCUT2D eigenvalue weighted by Crippen LogP contribution is 2.18. The first-order valence-electron chi connectivity index (χ1n) is 3.52. The van der Waals surface area contributed by atoms with Gasteiger partial charge in [0.25, 0.3) is 0 Å². The molecule has 0 spiro atoms. The second kappa shape index (κ2) is 6.93. The molecule has 3 heteroatoms. The maximum Gasteiger partial charge on any atom is 0.245 e. The lowest BCUT2D eigenvalue weighted by Gasteiger charge is -2.06. The van der Waals surface area contributed by atoms with Crippen LogP contribution in [0.4, 0.5) is 8.78 Å². The molecule has 10 heavy (non-hydrogen) atoms. The molecule has 0 atom stereocenters. The van der Waals surface area contributed by atoms with E-state index in [0.717, 1.165) is 13.3 Å². The van der Waals surface area contributed by atoms with Gasteiger partial charge in [-0.15, -0.1) is 0 Å². The number of unbranched alkanes of at least 4 members (excludes halogenated alkanes) is 1. The molecule has 0 amide bonds. The number of hydrogen-bond acceptors (Lipinski definition) is 1. The van der Waals surface area contributed by atoms with Crippen LogP contribution in [0.5, 0.6) is 0 Å². The molecule has 0 aliphatic rings. The highest BCUT2D eigenvalue weighted by atomic mass is 19.3. The molecule has 0 rings (SSSR count). The predicted octanol–water partition coefficient (Wildman–Crippen LogP) is 2.41. The lowest BCUT2D eigenvalue weighted by atomic mass is 10.2. The Balaban J connectivity index is 0. The molecule has 0 heterocycles. The zero-order valence-electron chi connectivity index (χ0n) is 6.95. The Kier molecular flexibility index (Phi) is 8.66. The third-order valence-electron chi connectivity index (χ3n) is 0.969. The highest BCUT2D eigenvalue weighted by Gasteiger charge is 2.18. The summed E-state index contributed by atoms with van der Waals surface area (Å²) in [5.74, 6) is -2.45. The molecule has 64 valence electrons. The van der Waals surface area contributed by atoms with E-state index in [1.54, 1.807) is 0 Å². The zero-order valence-corrected chi connectivity index (χ0v) is 6.95. The van der Waals surface area contributed by atoms with Crippen LogP contribution in [0, 0.1) is 0 Å². The van der Waals surface area contributed by atoms with Crippen molar-refractivity contribution in [1.82, 2.24) is 0 Å². The van der Waals surface area contributed by atoms with Crippen LogP contribution in [0.25, 0.3) is 0 Å². The second-order valence-corrected chi connectivity index (χ2v) is 2.17. The van der Waals surface area contributed by atoms with Gasteiger partial charge in [-0.25, -0.2) is 8.78 Å². The van der Waals surface area contributed by atoms with Crippen LogP contribution in [-0.2, 0) is 0 Å². The predicted molar refractivity (Wildman–Crippen MR) is 40.3 cm³/mol. The third kappa shape index (κ3) is 15.7. The largest absolute Gasteiger partial charge is 0.333 e. The van der Waals surface area contributed by atoms with E-state index >= 15 is 0 Å². The summed E-state index contributed by atoms with van der Waals surface area (Å²) in [6.07, 6.45) is 1.51. The van der Waals surface area contributed by atoms with Crippen LogP contribution in [0.3, 0.4) is 0 Å². The fourth-order valence-corrected chi connectivity index (χ4v) is 0.487. The van der Waals surface area contributed by atoms with Gasteiger partial charge in [0.05, 0.1) is 0 Å². The van der Waals surface area contributed by atoms with Crippen molar-refractivity contribution in [3.05, 3.63) is 0 Å². The van der Waals surface area contributed by atoms with Gasteiger partial charge in [0.2, 0.25) is 5.92 Å². The van der Waals surface area contributed by atoms with E-state index in [1.807, 2.05) is 6.92 Å². The first-order valence-corrected chi connectivity index (χ1v) is 3.52. The van der Waals surface area contributed by atoms with E-state index in [2.05, 4.69) is 5.73 Å². The van der Waals surface area contributed by atoms with Crippen LogP contribution in [0.2, 0.25) is 0 Å². The summed E-state index contributed by atoms with van der Waals surface area (Å²) in [7, 11) is 1.50. The van der Waals surface area contributed by atoms with E-state index in [1.165, 1.54) is 7.05 Å². The van der Waals surface area contributed by atoms with Crippen molar-refractivity contribution in [1.29, 1.82) is 0 Å². The number of halogens is 2. The number of nitrogens with two attached hydrogens (primary N) is 1. The molecule has 0 bridgehead atoms. The molecule has 0 aliphatic carbocycles. The minimum atomic E-state index is -2.45. The Morgan fingerprint density at radius 3 is 1.80 bits per heavy atom. The molecular formula is C7H17F2N. The topological polar surface area (TPSA) is 26.0 Å². The first-order chi connectivity index (χ1) is 4.56. The number of rotatable bonds is 3. The van der Waals surface area contributed by atoms with Crippen molar-refractivity contribution in [3.8, 4) is 0 Å². The van der Waals surface area contributed by atoms with Crippen LogP contribution in [0.15, 0.2) is 0 Å². The van der Waals surface area contributed by atoms with Gasteiger partial charge in [0, 0.05) is 6.42 Å². The Morgan fingerprint density at radius 1 is 1.30 bits per heavy atom. The van der Waals surface area contributed by atoms with Crippen molar-refractivity contribution in [2.24, 2.45) is 5.73 Å². The lowest BCUT2D eigenvalue weighted by molar-refractivity contribution is 0.0108. The molecule has 0 saturated carbocycles. The van der Waals surface area contributed by atoms with E-state index in [-0.39, 0.29) is 6.42 Å². The first kappa shape index (κ1) is 12.5. The van der Waals surface area contributed by atoms with E-state index in [9.17, 15) is 8.78 Å². The lowest BCUT2D eigenvalue weighted by Crippen LogP contribution is -2.07. The van der Waals surface area contributed by atoms with Gasteiger partial charge >= 0.3 is 0 Å². The molecule has 0 aliphatic heterocycles. The van der Waals surface area contributed by atoms with Crippen molar-refractivity contribution in [2.75, 3.05) is 7.05 Å². The summed E-state index contributed by atoms with van der Waals surface area (Å²) in [6, 6.07) is 0. The minimum absolute atomic E-state index is 0.0312. The monoisotopic (exact) mass is 153 g/mol. The fraction of sp³-hybridized carbons (Fsp3) is 1.00. The number of hydrogen-bond donors (Lipinski definition) is 1. The maximum absolute atomic E-state index is 11.9. The zero-order chi connectivity index (χ0) is 8.62. The molecule has 0 aromatic carbocycles. The van der Waals surface area contributed by atoms with Crippen molar-refractivity contribution < 1.29 is 8.78 Å². The normalized spacial score (nSPS) is 10.2. The summed E-state index contributed by atoms with van der Waals surface area (Å²) < 4.78 is 23.8. The van der Waals surface area contributed by atoms with E-state index in [4.69, 9.17) is 0 Å². The van der Waals surface area contributed by atoms with Gasteiger partial charge in [-0.2, -0.15) is 0 Å². The summed E-state index contributed by atoms with van der Waals surface area (Å²) in [5, 5.41) is 0. The van der Waals surface area contributed by atoms with Gasteiger partial charge in [-0.05, 0) is 20.4 Å². The molecular weight excluding hydrogens is 136 g/mol. The smallest absolute Gasteiger partial charge is 0.245 e. The van der Waals surface area contributed by atoms with E-state index in [0.29, 0.717) is 6.42 Å². The Bertz CT molecular complexity index is 59.1. The Labute approximate surface area is 61.6 Å². The van der Waals surface area contributed by atoms with Crippen LogP contribution in [0.1, 0.15) is 33.1 Å². The Morgan fingerprint density at radius 2 is 1.70 bits per heavy atom. The molecule has 0 aromatic heterocycles. The van der Waals surface area contributed by atoms with Crippen molar-refractivity contribution in [3.63, 3.8) is 0 Å². The average Bonchev–Trinajstić information content (AvgIpc) is 1.87. The highest BCUT2D eigenvalue weighted by molar-refractivity contribution is 4.55. The van der Waals surface area contributed by atoms with Crippen LogP contribution < -0.4 is 5.73 Å². The van der Waals surface area contributed by atoms with Gasteiger partial charge in [-0.3, -0.25) is 0 Å². The second-order valence-electron chi connectivity index (χ2n) is 2.17. The molecule has 0 saturated heterocycles. The van der Waals surface area contributed by atoms with Crippen LogP contribution in [-0.4, -0.2) is 13.0 Å². The molecule has 2 N–H and O–H groups in total. The summed E-state index contributed by atoms with van der Waals surface area (Å²) in [6.45, 7) is 2.87. The van der Waals surface area contributed by atoms with Gasteiger partial charge in [-0.1, -0.05) is 13.3 Å². The molecule has 0 unspecified atom stereocenters. The average molecular weight is 153 g/mol. The third-order valence-corrected chi connectivity index (χ3v) is 0.969. The molecule has 0 aromatic rings. The molecule has 0 radical (unpaired) electrons. The Hall–Kier alpha value is -0.180. The number of alkyl halides is 2. The standard InChI is InChI=1S/C6H12F2.CH5N/c1-3-4-5-6(2,7)8;1-2/h3-5H2,1-2H3;2H2,1H3. The SMILES string of the molecule is CCCCC(C)(F)F.CN. The summed E-state index contributed by atoms with van der Waals surface area (Å²) in [4.78, 5) is 0. The van der Waals surface area contributed by atoms with Crippen LogP contribution >= 0.6 is 0 Å². The van der Waals surface area contributed by atoms with E-state index < -0.39 is 5.92 Å². The quantitative estimate of drug-likeness (QED) is 0.662. The summed E-state index contributed by atoms with van der Waals surface area (Å²) >= 11 is 0.